The minimum absolute atomic E-state index is 0.0586. The van der Waals surface area contributed by atoms with Crippen LogP contribution in [-0.2, 0) is 0 Å². The van der Waals surface area contributed by atoms with Crippen LogP contribution in [0.2, 0.25) is 0 Å². The second-order valence-electron chi connectivity index (χ2n) is 7.25. The molecule has 0 radical (unpaired) electrons. The molecule has 0 unspecified atom stereocenters. The number of Topliss-reactive ketones (excluding diaryl/α,β-unsaturated/α-hetero) is 1. The minimum atomic E-state index is -0.0586. The highest BCUT2D eigenvalue weighted by molar-refractivity contribution is 7.82. The molecule has 1 saturated heterocycles. The largest absolute Gasteiger partial charge is 0.357 e. The van der Waals surface area contributed by atoms with Crippen LogP contribution in [0.25, 0.3) is 0 Å². The fourth-order valence-electron chi connectivity index (χ4n) is 3.92. The van der Waals surface area contributed by atoms with Crippen molar-refractivity contribution in [2.75, 3.05) is 26.2 Å². The molecule has 0 spiro atoms. The minimum Gasteiger partial charge on any atom is -0.357 e. The van der Waals surface area contributed by atoms with Gasteiger partial charge in [0.25, 0.3) is 0 Å². The van der Waals surface area contributed by atoms with Gasteiger partial charge in [0.05, 0.1) is 6.04 Å². The van der Waals surface area contributed by atoms with Crippen molar-refractivity contribution in [1.82, 2.24) is 9.80 Å². The summed E-state index contributed by atoms with van der Waals surface area (Å²) in [5, 5.41) is 0. The quantitative estimate of drug-likeness (QED) is 0.461. The summed E-state index contributed by atoms with van der Waals surface area (Å²) in [6.45, 7) is 3.23. The fraction of sp³-hybridized carbons (Fsp3) is 0.200. The summed E-state index contributed by atoms with van der Waals surface area (Å²) in [4.78, 5) is 17.7. The molecule has 29 heavy (non-hydrogen) atoms. The lowest BCUT2D eigenvalue weighted by Gasteiger charge is -2.40. The summed E-state index contributed by atoms with van der Waals surface area (Å²) in [7, 11) is 0. The number of hydrogen-bond donors (Lipinski definition) is 0. The zero-order chi connectivity index (χ0) is 20.1. The van der Waals surface area contributed by atoms with E-state index in [1.54, 1.807) is 0 Å². The monoisotopic (exact) mass is 400 g/mol. The van der Waals surface area contributed by atoms with Crippen LogP contribution in [-0.4, -0.2) is 46.8 Å². The third-order valence-electron chi connectivity index (χ3n) is 5.43. The van der Waals surface area contributed by atoms with Gasteiger partial charge >= 0.3 is 0 Å². The Hall–Kier alpha value is -2.82. The zero-order valence-corrected chi connectivity index (χ0v) is 17.1. The maximum absolute atomic E-state index is 12.7. The van der Waals surface area contributed by atoms with E-state index in [1.807, 2.05) is 35.2 Å². The molecule has 146 valence electrons. The van der Waals surface area contributed by atoms with Crippen molar-refractivity contribution >= 4 is 23.0 Å². The van der Waals surface area contributed by atoms with Crippen molar-refractivity contribution in [3.63, 3.8) is 0 Å². The lowest BCUT2D eigenvalue weighted by atomic mass is 9.96. The van der Waals surface area contributed by atoms with Crippen molar-refractivity contribution in [2.24, 2.45) is 0 Å². The molecule has 1 heterocycles. The van der Waals surface area contributed by atoms with E-state index in [0.717, 1.165) is 26.2 Å². The van der Waals surface area contributed by atoms with Gasteiger partial charge in [-0.25, -0.2) is 0 Å². The Morgan fingerprint density at radius 2 is 1.14 bits per heavy atom. The highest BCUT2D eigenvalue weighted by Gasteiger charge is 2.28. The van der Waals surface area contributed by atoms with Gasteiger partial charge in [0, 0.05) is 31.7 Å². The Morgan fingerprint density at radius 3 is 1.62 bits per heavy atom. The Kier molecular flexibility index (Phi) is 6.13. The molecule has 3 nitrogen and oxygen atoms in total. The van der Waals surface area contributed by atoms with Gasteiger partial charge in [0.15, 0.2) is 4.99 Å². The van der Waals surface area contributed by atoms with Crippen molar-refractivity contribution in [3.05, 3.63) is 108 Å². The molecule has 0 atom stereocenters. The van der Waals surface area contributed by atoms with Crippen LogP contribution in [0.4, 0.5) is 0 Å². The van der Waals surface area contributed by atoms with Gasteiger partial charge in [0.1, 0.15) is 0 Å². The first kappa shape index (κ1) is 19.5. The highest BCUT2D eigenvalue weighted by atomic mass is 32.1. The lowest BCUT2D eigenvalue weighted by molar-refractivity contribution is 0.103. The first-order valence-electron chi connectivity index (χ1n) is 9.96. The Bertz CT molecular complexity index is 912. The van der Waals surface area contributed by atoms with E-state index in [4.69, 9.17) is 12.2 Å². The second-order valence-corrected chi connectivity index (χ2v) is 7.63. The van der Waals surface area contributed by atoms with Crippen LogP contribution in [0.3, 0.4) is 0 Å². The van der Waals surface area contributed by atoms with Gasteiger partial charge in [0.2, 0.25) is 5.78 Å². The van der Waals surface area contributed by atoms with Crippen LogP contribution in [0.15, 0.2) is 91.0 Å². The molecule has 3 aromatic carbocycles. The molecule has 0 saturated carbocycles. The van der Waals surface area contributed by atoms with Crippen LogP contribution < -0.4 is 0 Å². The Balaban J connectivity index is 1.48. The maximum atomic E-state index is 12.7. The number of hydrogen-bond acceptors (Lipinski definition) is 3. The summed E-state index contributed by atoms with van der Waals surface area (Å²) in [5.41, 5.74) is 3.23. The second kappa shape index (κ2) is 9.12. The highest BCUT2D eigenvalue weighted by Crippen LogP contribution is 2.29. The van der Waals surface area contributed by atoms with Gasteiger partial charge in [-0.15, -0.1) is 0 Å². The number of ketones is 1. The molecule has 1 aliphatic heterocycles. The van der Waals surface area contributed by atoms with E-state index in [0.29, 0.717) is 10.6 Å². The number of carbonyl (C=O) groups is 1. The Morgan fingerprint density at radius 1 is 0.690 bits per heavy atom. The number of carbonyl (C=O) groups excluding carboxylic acids is 1. The normalized spacial score (nSPS) is 14.7. The molecule has 4 rings (SSSR count). The predicted molar refractivity (Wildman–Crippen MR) is 121 cm³/mol. The number of benzene rings is 3. The molecule has 1 aliphatic rings. The van der Waals surface area contributed by atoms with E-state index in [1.165, 1.54) is 11.1 Å². The summed E-state index contributed by atoms with van der Waals surface area (Å²) in [6, 6.07) is 30.7. The third kappa shape index (κ3) is 4.44. The molecule has 0 amide bonds. The topological polar surface area (TPSA) is 23.6 Å². The van der Waals surface area contributed by atoms with Crippen LogP contribution >= 0.6 is 12.2 Å². The van der Waals surface area contributed by atoms with Crippen LogP contribution in [0.5, 0.6) is 0 Å². The van der Waals surface area contributed by atoms with Crippen molar-refractivity contribution in [2.45, 2.75) is 6.04 Å². The predicted octanol–water partition coefficient (Wildman–Crippen LogP) is 4.60. The summed E-state index contributed by atoms with van der Waals surface area (Å²) >= 11 is 5.53. The molecule has 0 aromatic heterocycles. The summed E-state index contributed by atoms with van der Waals surface area (Å²) in [6.07, 6.45) is 0. The van der Waals surface area contributed by atoms with Crippen molar-refractivity contribution in [3.8, 4) is 0 Å². The molecular formula is C25H24N2OS. The molecule has 0 N–H and O–H groups in total. The lowest BCUT2D eigenvalue weighted by Crippen LogP contribution is -2.51. The van der Waals surface area contributed by atoms with E-state index in [-0.39, 0.29) is 11.8 Å². The van der Waals surface area contributed by atoms with Crippen LogP contribution in [0.1, 0.15) is 27.5 Å². The molecule has 0 bridgehead atoms. The van der Waals surface area contributed by atoms with E-state index in [2.05, 4.69) is 65.6 Å². The van der Waals surface area contributed by atoms with Gasteiger partial charge in [-0.2, -0.15) is 0 Å². The van der Waals surface area contributed by atoms with E-state index < -0.39 is 0 Å². The fourth-order valence-corrected chi connectivity index (χ4v) is 4.22. The third-order valence-corrected chi connectivity index (χ3v) is 5.87. The van der Waals surface area contributed by atoms with E-state index in [9.17, 15) is 4.79 Å². The van der Waals surface area contributed by atoms with Gasteiger partial charge in [-0.05, 0) is 11.1 Å². The molecule has 1 fully saturated rings. The smallest absolute Gasteiger partial charge is 0.220 e. The number of rotatable bonds is 5. The summed E-state index contributed by atoms with van der Waals surface area (Å²) < 4.78 is 0. The number of piperazine rings is 1. The van der Waals surface area contributed by atoms with Crippen LogP contribution in [0, 0.1) is 0 Å². The SMILES string of the molecule is O=C(C(=S)N1CCN(C(c2ccccc2)c2ccccc2)CC1)c1ccccc1. The number of thiocarbonyl (C=S) groups is 1. The van der Waals surface area contributed by atoms with Crippen molar-refractivity contribution < 1.29 is 4.79 Å². The molecule has 3 aromatic rings. The van der Waals surface area contributed by atoms with Gasteiger partial charge < -0.3 is 4.90 Å². The zero-order valence-electron chi connectivity index (χ0n) is 16.3. The van der Waals surface area contributed by atoms with E-state index >= 15 is 0 Å². The van der Waals surface area contributed by atoms with Gasteiger partial charge in [-0.1, -0.05) is 103 Å². The first-order valence-corrected chi connectivity index (χ1v) is 10.4. The Labute approximate surface area is 177 Å². The summed E-state index contributed by atoms with van der Waals surface area (Å²) in [5.74, 6) is -0.0586. The van der Waals surface area contributed by atoms with Gasteiger partial charge in [-0.3, -0.25) is 9.69 Å². The average molecular weight is 401 g/mol. The average Bonchev–Trinajstić information content (AvgIpc) is 2.81. The maximum Gasteiger partial charge on any atom is 0.220 e. The molecule has 0 aliphatic carbocycles. The number of nitrogens with zero attached hydrogens (tertiary/aromatic N) is 2. The first-order chi connectivity index (χ1) is 14.2. The molecular weight excluding hydrogens is 376 g/mol. The van der Waals surface area contributed by atoms with Crippen molar-refractivity contribution in [1.29, 1.82) is 0 Å². The molecule has 4 heteroatoms. The standard InChI is InChI=1S/C25H24N2OS/c28-24(22-14-8-3-9-15-22)25(29)27-18-16-26(17-19-27)23(20-10-4-1-5-11-20)21-12-6-2-7-13-21/h1-15,23H,16-19H2.